The molecule has 0 amide bonds. The van der Waals surface area contributed by atoms with E-state index in [4.69, 9.17) is 14.2 Å². The molecule has 0 bridgehead atoms. The molecule has 6 aromatic carbocycles. The highest BCUT2D eigenvalue weighted by molar-refractivity contribution is 5.70. The number of phenolic OH excluding ortho intramolecular Hbond substituents is 12. The SMILES string of the molecule is C.C.C.C.C.Oc1cc(O)c2c(c1)O[C@H](c1ccc(O)c(O)c1)[C@H](O)C2c1c(O)cc(O)c2c1O[C@H](c1ccc(O)c(O)c1)[C@H](O)C2c1c(O)cc(O)c2c1O[C@H](c1ccc(O)c(O)c1)[C@@H](O)C2. The fourth-order valence-electron chi connectivity index (χ4n) is 8.94. The van der Waals surface area contributed by atoms with Crippen LogP contribution in [0.4, 0.5) is 0 Å². The van der Waals surface area contributed by atoms with Crippen LogP contribution in [0.1, 0.15) is 112 Å². The van der Waals surface area contributed by atoms with Gasteiger partial charge in [0.25, 0.3) is 0 Å². The molecule has 0 spiro atoms. The molecule has 0 saturated heterocycles. The number of benzene rings is 6. The minimum atomic E-state index is -1.90. The highest BCUT2D eigenvalue weighted by Crippen LogP contribution is 2.62. The van der Waals surface area contributed by atoms with Gasteiger partial charge in [-0.2, -0.15) is 0 Å². The first kappa shape index (κ1) is 52.8. The molecule has 0 fully saturated rings. The highest BCUT2D eigenvalue weighted by atomic mass is 16.5. The predicted molar refractivity (Wildman–Crippen MR) is 248 cm³/mol. The lowest BCUT2D eigenvalue weighted by atomic mass is 9.73. The first-order chi connectivity index (χ1) is 29.9. The Kier molecular flexibility index (Phi) is 14.9. The third-order valence-electron chi connectivity index (χ3n) is 11.8. The Morgan fingerprint density at radius 1 is 0.353 bits per heavy atom. The monoisotopic (exact) mass is 946 g/mol. The molecule has 3 aliphatic rings. The molecule has 2 unspecified atom stereocenters. The van der Waals surface area contributed by atoms with Gasteiger partial charge < -0.3 is 90.8 Å². The van der Waals surface area contributed by atoms with E-state index in [1.807, 2.05) is 0 Å². The minimum Gasteiger partial charge on any atom is -0.508 e. The first-order valence-corrected chi connectivity index (χ1v) is 19.3. The lowest BCUT2D eigenvalue weighted by molar-refractivity contribution is -0.00562. The number of aliphatic hydroxyl groups excluding tert-OH is 3. The van der Waals surface area contributed by atoms with Crippen molar-refractivity contribution in [1.29, 1.82) is 0 Å². The van der Waals surface area contributed by atoms with Gasteiger partial charge in [0.1, 0.15) is 70.1 Å². The first-order valence-electron chi connectivity index (χ1n) is 19.3. The van der Waals surface area contributed by atoms with Crippen molar-refractivity contribution < 1.29 is 90.8 Å². The summed E-state index contributed by atoms with van der Waals surface area (Å²) in [5.74, 6) is -11.5. The summed E-state index contributed by atoms with van der Waals surface area (Å²) in [6.45, 7) is 0. The minimum absolute atomic E-state index is 0. The van der Waals surface area contributed by atoms with Gasteiger partial charge >= 0.3 is 0 Å². The van der Waals surface area contributed by atoms with Crippen LogP contribution in [0.25, 0.3) is 0 Å². The van der Waals surface area contributed by atoms with Crippen molar-refractivity contribution in [3.63, 3.8) is 0 Å². The molecule has 68 heavy (non-hydrogen) atoms. The largest absolute Gasteiger partial charge is 0.508 e. The van der Waals surface area contributed by atoms with Gasteiger partial charge in [0.15, 0.2) is 46.7 Å². The Morgan fingerprint density at radius 3 is 1.21 bits per heavy atom. The zero-order chi connectivity index (χ0) is 44.9. The number of phenols is 12. The predicted octanol–water partition coefficient (Wildman–Crippen LogP) is 7.62. The average molecular weight is 947 g/mol. The summed E-state index contributed by atoms with van der Waals surface area (Å²) in [5, 5.41) is 166. The quantitative estimate of drug-likeness (QED) is 0.0739. The maximum Gasteiger partial charge on any atom is 0.157 e. The maximum atomic E-state index is 12.5. The zero-order valence-electron chi connectivity index (χ0n) is 32.3. The normalized spacial score (nSPS) is 21.9. The van der Waals surface area contributed by atoms with Crippen LogP contribution in [0, 0.1) is 0 Å². The topological polar surface area (TPSA) is 331 Å². The van der Waals surface area contributed by atoms with Crippen molar-refractivity contribution in [1.82, 2.24) is 0 Å². The maximum absolute atomic E-state index is 12.5. The number of fused-ring (bicyclic) bond motifs is 3. The number of hydrogen-bond donors (Lipinski definition) is 15. The summed E-state index contributed by atoms with van der Waals surface area (Å²) in [7, 11) is 0. The van der Waals surface area contributed by atoms with Crippen molar-refractivity contribution in [2.24, 2.45) is 0 Å². The molecule has 0 radical (unpaired) electrons. The van der Waals surface area contributed by atoms with Crippen molar-refractivity contribution >= 4 is 0 Å². The lowest BCUT2D eigenvalue weighted by Crippen LogP contribution is -2.39. The smallest absolute Gasteiger partial charge is 0.157 e. The van der Waals surface area contributed by atoms with Crippen LogP contribution in [0.5, 0.6) is 86.2 Å². The van der Waals surface area contributed by atoms with E-state index in [0.717, 1.165) is 60.7 Å². The zero-order valence-corrected chi connectivity index (χ0v) is 32.3. The van der Waals surface area contributed by atoms with Crippen LogP contribution in [0.3, 0.4) is 0 Å². The Bertz CT molecular complexity index is 2840. The summed E-state index contributed by atoms with van der Waals surface area (Å²) in [6, 6.07) is 14.4. The summed E-state index contributed by atoms with van der Waals surface area (Å²) in [6.07, 6.45) is -9.93. The Morgan fingerprint density at radius 2 is 0.735 bits per heavy atom. The molecule has 18 nitrogen and oxygen atoms in total. The van der Waals surface area contributed by atoms with Gasteiger partial charge in [-0.15, -0.1) is 0 Å². The van der Waals surface area contributed by atoms with E-state index in [1.165, 1.54) is 18.2 Å². The molecule has 0 aliphatic carbocycles. The second-order valence-corrected chi connectivity index (χ2v) is 15.7. The number of aliphatic hydroxyl groups is 3. The van der Waals surface area contributed by atoms with E-state index in [0.29, 0.717) is 0 Å². The molecule has 6 aromatic rings. The fourth-order valence-corrected chi connectivity index (χ4v) is 8.94. The van der Waals surface area contributed by atoms with Crippen LogP contribution in [0.15, 0.2) is 78.9 Å². The van der Waals surface area contributed by atoms with Crippen LogP contribution >= 0.6 is 0 Å². The fraction of sp³-hybridized carbons (Fsp3) is 0.280. The van der Waals surface area contributed by atoms with Crippen molar-refractivity contribution in [2.45, 2.75) is 92.0 Å². The number of ether oxygens (including phenoxy) is 3. The highest BCUT2D eigenvalue weighted by Gasteiger charge is 2.51. The van der Waals surface area contributed by atoms with E-state index in [2.05, 4.69) is 0 Å². The van der Waals surface area contributed by atoms with Crippen LogP contribution < -0.4 is 14.2 Å². The average Bonchev–Trinajstić information content (AvgIpc) is 3.22. The molecule has 8 atom stereocenters. The van der Waals surface area contributed by atoms with E-state index >= 15 is 0 Å². The molecule has 0 saturated carbocycles. The standard InChI is InChI=1S/C45H38O18.5CH4/c46-18-10-27(54)33-32(11-18)61-42(16-2-5-21(48)25(52)8-16)39(59)37(33)35-29(56)14-30(57)36-38(40(60)43(63-45(35)36)17-3-6-22(49)26(53)9-17)34-28(55)13-23(50)19-12-31(58)41(62-44(19)34)15-1-4-20(47)24(51)7-15;;;;;/h1-11,13-14,31,37-43,46-60H,12H2;5*1H4/t31-,37?,38?,39+,40+,41+,42+,43+;;;;;/m0...../s1. The van der Waals surface area contributed by atoms with Crippen LogP contribution in [0.2, 0.25) is 0 Å². The second kappa shape index (κ2) is 19.2. The number of rotatable bonds is 5. The summed E-state index contributed by atoms with van der Waals surface area (Å²) in [4.78, 5) is 0. The Labute approximate surface area is 391 Å². The van der Waals surface area contributed by atoms with E-state index in [9.17, 15) is 76.6 Å². The van der Waals surface area contributed by atoms with Gasteiger partial charge in [0.05, 0.1) is 17.9 Å². The Hall–Kier alpha value is -7.80. The summed E-state index contributed by atoms with van der Waals surface area (Å²) >= 11 is 0. The summed E-state index contributed by atoms with van der Waals surface area (Å²) < 4.78 is 18.9. The number of hydrogen-bond acceptors (Lipinski definition) is 18. The van der Waals surface area contributed by atoms with Gasteiger partial charge in [0, 0.05) is 58.5 Å². The molecule has 3 heterocycles. The third-order valence-corrected chi connectivity index (χ3v) is 11.8. The molecule has 15 N–H and O–H groups in total. The van der Waals surface area contributed by atoms with E-state index < -0.39 is 123 Å². The molecular weight excluding hydrogens is 889 g/mol. The Balaban J connectivity index is 0.00000202. The molecular formula is C50H58O18. The molecule has 9 rings (SSSR count). The summed E-state index contributed by atoms with van der Waals surface area (Å²) in [5.41, 5.74) is -1.10. The molecule has 3 aliphatic heterocycles. The van der Waals surface area contributed by atoms with Gasteiger partial charge in [0.2, 0.25) is 0 Å². The van der Waals surface area contributed by atoms with Crippen molar-refractivity contribution in [3.05, 3.63) is 123 Å². The van der Waals surface area contributed by atoms with Crippen molar-refractivity contribution in [2.75, 3.05) is 0 Å². The van der Waals surface area contributed by atoms with Crippen LogP contribution in [-0.4, -0.2) is 94.9 Å². The molecule has 366 valence electrons. The molecule has 0 aromatic heterocycles. The van der Waals surface area contributed by atoms with Gasteiger partial charge in [-0.25, -0.2) is 0 Å². The van der Waals surface area contributed by atoms with E-state index in [-0.39, 0.29) is 99.6 Å². The van der Waals surface area contributed by atoms with Crippen LogP contribution in [-0.2, 0) is 6.42 Å². The van der Waals surface area contributed by atoms with Gasteiger partial charge in [-0.3, -0.25) is 0 Å². The third kappa shape index (κ3) is 8.33. The van der Waals surface area contributed by atoms with Gasteiger partial charge in [-0.1, -0.05) is 55.3 Å². The number of aromatic hydroxyl groups is 12. The molecule has 18 heteroatoms. The second-order valence-electron chi connectivity index (χ2n) is 15.7. The van der Waals surface area contributed by atoms with Crippen molar-refractivity contribution in [3.8, 4) is 86.2 Å². The lowest BCUT2D eigenvalue weighted by Gasteiger charge is -2.43. The van der Waals surface area contributed by atoms with Gasteiger partial charge in [-0.05, 0) is 53.1 Å². The van der Waals surface area contributed by atoms with E-state index in [1.54, 1.807) is 0 Å².